The lowest BCUT2D eigenvalue weighted by atomic mass is 9.52. The van der Waals surface area contributed by atoms with Crippen molar-refractivity contribution in [3.8, 4) is 5.75 Å². The van der Waals surface area contributed by atoms with E-state index in [0.717, 1.165) is 29.9 Å². The Bertz CT molecular complexity index is 703. The highest BCUT2D eigenvalue weighted by atomic mass is 31.0. The van der Waals surface area contributed by atoms with Gasteiger partial charge in [-0.3, -0.25) is 0 Å². The fraction of sp³-hybridized carbons (Fsp3) is 0.636. The first-order valence-electron chi connectivity index (χ1n) is 10.4. The molecule has 6 atom stereocenters. The Morgan fingerprint density at radius 2 is 2.32 bits per heavy atom. The van der Waals surface area contributed by atoms with Crippen LogP contribution in [-0.2, 0) is 6.42 Å². The average molecular weight is 360 g/mol. The zero-order valence-corrected chi connectivity index (χ0v) is 16.4. The van der Waals surface area contributed by atoms with Crippen LogP contribution in [0.4, 0.5) is 0 Å². The Morgan fingerprint density at radius 1 is 1.44 bits per heavy atom. The number of hydrogen-bond donors (Lipinski definition) is 1. The Labute approximate surface area is 155 Å². The van der Waals surface area contributed by atoms with Crippen LogP contribution in [0.1, 0.15) is 63.0 Å². The zero-order valence-electron chi connectivity index (χ0n) is 16.4. The first kappa shape index (κ1) is 16.3. The first-order valence-corrected chi connectivity index (χ1v) is 10.3. The summed E-state index contributed by atoms with van der Waals surface area (Å²) in [4.78, 5) is 0. The molecule has 0 amide bonds. The number of aliphatic hydroxyl groups excluding tert-OH is 1. The van der Waals surface area contributed by atoms with Gasteiger partial charge in [-0.05, 0) is 84.5 Å². The highest BCUT2D eigenvalue weighted by Gasteiger charge is 2.54. The molecule has 136 valence electrons. The molecule has 0 heterocycles. The van der Waals surface area contributed by atoms with Crippen LogP contribution in [0.25, 0.3) is 0 Å². The smallest absolute Gasteiger partial charge is 0.122 e. The molecule has 3 heteroatoms. The van der Waals surface area contributed by atoms with Gasteiger partial charge in [-0.1, -0.05) is 38.0 Å². The van der Waals surface area contributed by atoms with E-state index in [-0.39, 0.29) is 16.0 Å². The van der Waals surface area contributed by atoms with E-state index in [2.05, 4.69) is 38.1 Å². The van der Waals surface area contributed by atoms with Gasteiger partial charge in [0, 0.05) is 0 Å². The second-order valence-electron chi connectivity index (χ2n) is 8.53. The first-order chi connectivity index (χ1) is 12.6. The lowest BCUT2D eigenvalue weighted by Crippen LogP contribution is -2.44. The molecule has 1 aromatic carbocycles. The van der Waals surface area contributed by atoms with Gasteiger partial charge in [-0.25, -0.2) is 0 Å². The van der Waals surface area contributed by atoms with Crippen LogP contribution in [0.5, 0.6) is 5.75 Å². The van der Waals surface area contributed by atoms with Crippen molar-refractivity contribution in [1.82, 2.24) is 0 Å². The summed E-state index contributed by atoms with van der Waals surface area (Å²) in [5.74, 6) is 3.78. The Morgan fingerprint density at radius 3 is 3.08 bits per heavy atom. The molecule has 3 aliphatic rings. The van der Waals surface area contributed by atoms with Crippen LogP contribution >= 0.6 is 9.41 Å². The zero-order chi connectivity index (χ0) is 18.3. The van der Waals surface area contributed by atoms with E-state index in [1.54, 1.807) is 5.56 Å². The van der Waals surface area contributed by atoms with E-state index in [0.29, 0.717) is 11.3 Å². The molecule has 1 aromatic rings. The van der Waals surface area contributed by atoms with Crippen LogP contribution in [0.15, 0.2) is 29.8 Å². The molecular weight excluding hydrogens is 327 g/mol. The molecule has 3 aliphatic carbocycles. The summed E-state index contributed by atoms with van der Waals surface area (Å²) in [7, 11) is -0.240. The summed E-state index contributed by atoms with van der Waals surface area (Å²) in [6.07, 6.45) is 9.44. The second-order valence-corrected chi connectivity index (χ2v) is 8.74. The van der Waals surface area contributed by atoms with Gasteiger partial charge in [0.15, 0.2) is 0 Å². The summed E-state index contributed by atoms with van der Waals surface area (Å²) < 4.78 is 12.8. The minimum Gasteiger partial charge on any atom is -0.480 e. The van der Waals surface area contributed by atoms with Gasteiger partial charge >= 0.3 is 0 Å². The molecule has 0 radical (unpaired) electrons. The van der Waals surface area contributed by atoms with Crippen molar-refractivity contribution in [2.24, 2.45) is 23.2 Å². The van der Waals surface area contributed by atoms with Crippen molar-refractivity contribution in [3.63, 3.8) is 0 Å². The number of fused-ring (bicyclic) bond motifs is 5. The lowest BCUT2D eigenvalue weighted by molar-refractivity contribution is 0.0412. The number of rotatable bonds is 4. The third kappa shape index (κ3) is 2.68. The van der Waals surface area contributed by atoms with Gasteiger partial charge < -0.3 is 9.63 Å². The third-order valence-corrected chi connectivity index (χ3v) is 7.94. The van der Waals surface area contributed by atoms with E-state index >= 15 is 0 Å². The molecule has 25 heavy (non-hydrogen) atoms. The average Bonchev–Trinajstić information content (AvgIpc) is 2.98. The van der Waals surface area contributed by atoms with Crippen LogP contribution < -0.4 is 4.52 Å². The molecule has 2 nitrogen and oxygen atoms in total. The van der Waals surface area contributed by atoms with Crippen LogP contribution in [-0.4, -0.2) is 13.0 Å². The quantitative estimate of drug-likeness (QED) is 0.586. The SMILES string of the molecule is [3H]POc1ccc2c(c1)CC(CC)C1C2CCC2(C)/C(=C/CO)CCC12. The van der Waals surface area contributed by atoms with Gasteiger partial charge in [-0.2, -0.15) is 0 Å². The van der Waals surface area contributed by atoms with Gasteiger partial charge in [0.05, 0.1) is 17.3 Å². The maximum Gasteiger partial charge on any atom is 0.122 e. The summed E-state index contributed by atoms with van der Waals surface area (Å²) >= 11 is 0. The van der Waals surface area contributed by atoms with E-state index in [1.807, 2.05) is 0 Å². The van der Waals surface area contributed by atoms with Gasteiger partial charge in [0.2, 0.25) is 0 Å². The van der Waals surface area contributed by atoms with E-state index in [1.165, 1.54) is 43.2 Å². The molecule has 6 unspecified atom stereocenters. The lowest BCUT2D eigenvalue weighted by Gasteiger charge is -2.52. The number of benzene rings is 1. The van der Waals surface area contributed by atoms with Crippen molar-refractivity contribution < 1.29 is 9.63 Å². The summed E-state index contributed by atoms with van der Waals surface area (Å²) in [6.45, 7) is 5.01. The molecule has 0 spiro atoms. The number of hydrogen-bond acceptors (Lipinski definition) is 2. The predicted octanol–water partition coefficient (Wildman–Crippen LogP) is 5.27. The molecule has 2 saturated carbocycles. The number of allylic oxidation sites excluding steroid dienone is 1. The maximum absolute atomic E-state index is 9.46. The summed E-state index contributed by atoms with van der Waals surface area (Å²) in [5.41, 5.74) is 4.82. The van der Waals surface area contributed by atoms with E-state index < -0.39 is 0 Å². The van der Waals surface area contributed by atoms with Gasteiger partial charge in [0.25, 0.3) is 0 Å². The molecular formula is C22H31O2P. The molecule has 0 aliphatic heterocycles. The third-order valence-electron chi connectivity index (χ3n) is 7.70. The van der Waals surface area contributed by atoms with Crippen molar-refractivity contribution in [2.75, 3.05) is 6.61 Å². The fourth-order valence-corrected chi connectivity index (χ4v) is 6.66. The second kappa shape index (κ2) is 6.71. The number of aliphatic hydroxyl groups is 1. The molecule has 2 fully saturated rings. The van der Waals surface area contributed by atoms with E-state index in [4.69, 9.17) is 5.80 Å². The van der Waals surface area contributed by atoms with E-state index in [9.17, 15) is 5.11 Å². The molecule has 4 rings (SSSR count). The maximum atomic E-state index is 9.46. The Hall–Kier alpha value is -0.850. The topological polar surface area (TPSA) is 29.5 Å². The fourth-order valence-electron chi connectivity index (χ4n) is 6.53. The Kier molecular flexibility index (Phi) is 4.38. The monoisotopic (exact) mass is 360 g/mol. The molecule has 0 bridgehead atoms. The summed E-state index contributed by atoms with van der Waals surface area (Å²) in [5, 5.41) is 9.46. The molecule has 0 aromatic heterocycles. The van der Waals surface area contributed by atoms with Crippen LogP contribution in [0.2, 0.25) is 0 Å². The Balaban J connectivity index is 1.71. The van der Waals surface area contributed by atoms with Gasteiger partial charge in [-0.15, -0.1) is 0 Å². The highest BCUT2D eigenvalue weighted by molar-refractivity contribution is 7.10. The summed E-state index contributed by atoms with van der Waals surface area (Å²) in [6, 6.07) is 6.56. The predicted molar refractivity (Wildman–Crippen MR) is 106 cm³/mol. The van der Waals surface area contributed by atoms with Crippen molar-refractivity contribution in [1.29, 1.82) is 1.28 Å². The molecule has 1 N–H and O–H groups in total. The normalized spacial score (nSPS) is 39.2. The molecule has 0 saturated heterocycles. The minimum absolute atomic E-state index is 0.186. The van der Waals surface area contributed by atoms with Crippen molar-refractivity contribution in [3.05, 3.63) is 41.0 Å². The van der Waals surface area contributed by atoms with Gasteiger partial charge in [0.1, 0.15) is 5.75 Å². The minimum atomic E-state index is -0.240. The largest absolute Gasteiger partial charge is 0.480 e. The van der Waals surface area contributed by atoms with Crippen LogP contribution in [0, 0.1) is 23.2 Å². The van der Waals surface area contributed by atoms with Crippen molar-refractivity contribution in [2.45, 2.75) is 58.3 Å². The standard InChI is InChI=1S/C22H31O2P/c1-3-14-12-15-13-17(24-25)5-6-18(15)19-8-10-22(2)16(9-11-23)4-7-20(22)21(14)19/h5-6,9,13-14,19-21,23H,3-4,7-8,10-12,25H2,1-2H3/b16-9+/i25T. The van der Waals surface area contributed by atoms with Crippen LogP contribution in [0.3, 0.4) is 0 Å². The highest BCUT2D eigenvalue weighted by Crippen LogP contribution is 2.64. The van der Waals surface area contributed by atoms with Crippen molar-refractivity contribution >= 4 is 9.41 Å².